The lowest BCUT2D eigenvalue weighted by Crippen LogP contribution is -2.32. The van der Waals surface area contributed by atoms with Crippen molar-refractivity contribution in [3.63, 3.8) is 0 Å². The Morgan fingerprint density at radius 2 is 2.29 bits per heavy atom. The summed E-state index contributed by atoms with van der Waals surface area (Å²) in [5.41, 5.74) is 0.158. The van der Waals surface area contributed by atoms with Crippen LogP contribution in [0.3, 0.4) is 0 Å². The Bertz CT molecular complexity index is 444. The molecule has 3 N–H and O–H groups in total. The van der Waals surface area contributed by atoms with Crippen LogP contribution in [0.5, 0.6) is 0 Å². The van der Waals surface area contributed by atoms with Crippen LogP contribution in [0.2, 0.25) is 0 Å². The van der Waals surface area contributed by atoms with Crippen LogP contribution >= 0.6 is 15.9 Å². The molecule has 0 aromatic carbocycles. The normalized spacial score (nSPS) is 10.4. The van der Waals surface area contributed by atoms with Gasteiger partial charge < -0.3 is 10.6 Å². The number of rotatable bonds is 5. The molecule has 1 heterocycles. The van der Waals surface area contributed by atoms with Gasteiger partial charge in [0.25, 0.3) is 5.56 Å². The maximum atomic E-state index is 11.4. The third-order valence-corrected chi connectivity index (χ3v) is 2.73. The summed E-state index contributed by atoms with van der Waals surface area (Å²) >= 11 is 3.11. The Morgan fingerprint density at radius 1 is 1.59 bits per heavy atom. The minimum atomic E-state index is -0.336. The number of aromatic amines is 1. The second-order valence-electron chi connectivity index (χ2n) is 3.98. The standard InChI is InChI=1S/C10H15BrN4O2/c1-6(2)3-13-8(16)5-12-7-4-14-15-10(17)9(7)11/h4,6H,3,5H2,1-2H3,(H,13,16)(H2,12,15,17). The average molecular weight is 303 g/mol. The topological polar surface area (TPSA) is 86.9 Å². The van der Waals surface area contributed by atoms with Gasteiger partial charge in [0.1, 0.15) is 4.47 Å². The smallest absolute Gasteiger partial charge is 0.280 e. The average Bonchev–Trinajstić information content (AvgIpc) is 2.28. The summed E-state index contributed by atoms with van der Waals surface area (Å²) in [6.07, 6.45) is 1.45. The zero-order valence-electron chi connectivity index (χ0n) is 9.71. The highest BCUT2D eigenvalue weighted by atomic mass is 79.9. The van der Waals surface area contributed by atoms with Crippen LogP contribution < -0.4 is 16.2 Å². The molecule has 1 aromatic rings. The minimum absolute atomic E-state index is 0.108. The van der Waals surface area contributed by atoms with Gasteiger partial charge in [0.15, 0.2) is 0 Å². The minimum Gasteiger partial charge on any atom is -0.374 e. The number of carbonyl (C=O) groups excluding carboxylic acids is 1. The predicted molar refractivity (Wildman–Crippen MR) is 68.9 cm³/mol. The Morgan fingerprint density at radius 3 is 2.94 bits per heavy atom. The predicted octanol–water partition coefficient (Wildman–Crippen LogP) is 0.716. The van der Waals surface area contributed by atoms with Crippen molar-refractivity contribution in [2.45, 2.75) is 13.8 Å². The first-order chi connectivity index (χ1) is 8.00. The highest BCUT2D eigenvalue weighted by molar-refractivity contribution is 9.10. The highest BCUT2D eigenvalue weighted by Crippen LogP contribution is 2.14. The van der Waals surface area contributed by atoms with Gasteiger partial charge in [-0.15, -0.1) is 0 Å². The highest BCUT2D eigenvalue weighted by Gasteiger charge is 2.06. The van der Waals surface area contributed by atoms with E-state index < -0.39 is 0 Å². The van der Waals surface area contributed by atoms with Crippen molar-refractivity contribution >= 4 is 27.5 Å². The summed E-state index contributed by atoms with van der Waals surface area (Å²) in [7, 11) is 0. The molecule has 0 aliphatic rings. The van der Waals surface area contributed by atoms with Crippen LogP contribution in [0.25, 0.3) is 0 Å². The van der Waals surface area contributed by atoms with Crippen molar-refractivity contribution in [3.8, 4) is 0 Å². The van der Waals surface area contributed by atoms with Gasteiger partial charge in [0.05, 0.1) is 18.4 Å². The van der Waals surface area contributed by atoms with Crippen molar-refractivity contribution in [2.24, 2.45) is 5.92 Å². The maximum absolute atomic E-state index is 11.4. The largest absolute Gasteiger partial charge is 0.374 e. The summed E-state index contributed by atoms with van der Waals surface area (Å²) in [6, 6.07) is 0. The molecule has 17 heavy (non-hydrogen) atoms. The number of anilines is 1. The maximum Gasteiger partial charge on any atom is 0.280 e. The Balaban J connectivity index is 2.48. The van der Waals surface area contributed by atoms with Crippen molar-refractivity contribution in [2.75, 3.05) is 18.4 Å². The van der Waals surface area contributed by atoms with Crippen LogP contribution in [0.4, 0.5) is 5.69 Å². The molecule has 7 heteroatoms. The lowest BCUT2D eigenvalue weighted by Gasteiger charge is -2.09. The summed E-state index contributed by atoms with van der Waals surface area (Å²) < 4.78 is 0.337. The first-order valence-electron chi connectivity index (χ1n) is 5.24. The third kappa shape index (κ3) is 4.56. The number of halogens is 1. The summed E-state index contributed by atoms with van der Waals surface area (Å²) in [6.45, 7) is 4.78. The molecule has 0 radical (unpaired) electrons. The molecule has 1 rings (SSSR count). The van der Waals surface area contributed by atoms with Crippen LogP contribution in [-0.4, -0.2) is 29.2 Å². The van der Waals surface area contributed by atoms with E-state index in [0.29, 0.717) is 22.6 Å². The molecular formula is C10H15BrN4O2. The Labute approximate surface area is 107 Å². The van der Waals surface area contributed by atoms with E-state index in [1.807, 2.05) is 13.8 Å². The summed E-state index contributed by atoms with van der Waals surface area (Å²) in [5.74, 6) is 0.290. The van der Waals surface area contributed by atoms with E-state index in [1.54, 1.807) is 0 Å². The number of hydrogen-bond acceptors (Lipinski definition) is 4. The second kappa shape index (κ2) is 6.39. The fraction of sp³-hybridized carbons (Fsp3) is 0.500. The quantitative estimate of drug-likeness (QED) is 0.748. The van der Waals surface area contributed by atoms with E-state index in [1.165, 1.54) is 6.20 Å². The molecule has 0 atom stereocenters. The van der Waals surface area contributed by atoms with Crippen LogP contribution in [0.1, 0.15) is 13.8 Å². The molecule has 0 bridgehead atoms. The molecule has 0 unspecified atom stereocenters. The van der Waals surface area contributed by atoms with Crippen LogP contribution in [-0.2, 0) is 4.79 Å². The van der Waals surface area contributed by atoms with E-state index in [0.717, 1.165) is 0 Å². The van der Waals surface area contributed by atoms with Gasteiger partial charge in [0, 0.05) is 6.54 Å². The Hall–Kier alpha value is -1.37. The van der Waals surface area contributed by atoms with E-state index in [-0.39, 0.29) is 18.0 Å². The van der Waals surface area contributed by atoms with Gasteiger partial charge in [-0.3, -0.25) is 9.59 Å². The molecule has 0 saturated carbocycles. The summed E-state index contributed by atoms with van der Waals surface area (Å²) in [5, 5.41) is 11.5. The van der Waals surface area contributed by atoms with E-state index in [2.05, 4.69) is 36.8 Å². The third-order valence-electron chi connectivity index (χ3n) is 1.94. The molecule has 1 amide bonds. The first kappa shape index (κ1) is 13.7. The molecule has 1 aromatic heterocycles. The van der Waals surface area contributed by atoms with Crippen molar-refractivity contribution in [1.29, 1.82) is 0 Å². The molecule has 0 aliphatic carbocycles. The van der Waals surface area contributed by atoms with Crippen molar-refractivity contribution in [3.05, 3.63) is 21.0 Å². The Kier molecular flexibility index (Phi) is 5.14. The van der Waals surface area contributed by atoms with Gasteiger partial charge in [-0.1, -0.05) is 13.8 Å². The number of amides is 1. The van der Waals surface area contributed by atoms with Crippen molar-refractivity contribution < 1.29 is 4.79 Å². The fourth-order valence-corrected chi connectivity index (χ4v) is 1.39. The van der Waals surface area contributed by atoms with Gasteiger partial charge in [-0.25, -0.2) is 5.10 Å². The number of carbonyl (C=O) groups is 1. The van der Waals surface area contributed by atoms with Crippen LogP contribution in [0.15, 0.2) is 15.5 Å². The molecule has 0 aliphatic heterocycles. The molecular weight excluding hydrogens is 288 g/mol. The van der Waals surface area contributed by atoms with E-state index >= 15 is 0 Å². The molecule has 0 saturated heterocycles. The van der Waals surface area contributed by atoms with Crippen LogP contribution in [0, 0.1) is 5.92 Å². The number of H-pyrrole nitrogens is 1. The van der Waals surface area contributed by atoms with E-state index in [9.17, 15) is 9.59 Å². The van der Waals surface area contributed by atoms with Gasteiger partial charge >= 0.3 is 0 Å². The molecule has 0 fully saturated rings. The monoisotopic (exact) mass is 302 g/mol. The number of hydrogen-bond donors (Lipinski definition) is 3. The fourth-order valence-electron chi connectivity index (χ4n) is 1.06. The van der Waals surface area contributed by atoms with Crippen molar-refractivity contribution in [1.82, 2.24) is 15.5 Å². The lowest BCUT2D eigenvalue weighted by atomic mass is 10.2. The zero-order valence-corrected chi connectivity index (χ0v) is 11.3. The first-order valence-corrected chi connectivity index (χ1v) is 6.03. The second-order valence-corrected chi connectivity index (χ2v) is 4.77. The molecule has 6 nitrogen and oxygen atoms in total. The van der Waals surface area contributed by atoms with Gasteiger partial charge in [0.2, 0.25) is 5.91 Å². The van der Waals surface area contributed by atoms with Gasteiger partial charge in [-0.05, 0) is 21.8 Å². The number of nitrogens with one attached hydrogen (secondary N) is 3. The van der Waals surface area contributed by atoms with E-state index in [4.69, 9.17) is 0 Å². The summed E-state index contributed by atoms with van der Waals surface area (Å²) in [4.78, 5) is 22.6. The lowest BCUT2D eigenvalue weighted by molar-refractivity contribution is -0.119. The SMILES string of the molecule is CC(C)CNC(=O)CNc1cn[nH]c(=O)c1Br. The zero-order chi connectivity index (χ0) is 12.8. The number of nitrogens with zero attached hydrogens (tertiary/aromatic N) is 1. The molecule has 0 spiro atoms. The molecule has 94 valence electrons. The number of aromatic nitrogens is 2. The van der Waals surface area contributed by atoms with Gasteiger partial charge in [-0.2, -0.15) is 5.10 Å².